The Balaban J connectivity index is 2.01. The molecule has 2 aliphatic rings. The van der Waals surface area contributed by atoms with Crippen molar-refractivity contribution in [1.82, 2.24) is 9.78 Å². The minimum Gasteiger partial charge on any atom is -0.370 e. The summed E-state index contributed by atoms with van der Waals surface area (Å²) in [7, 11) is 2.05. The van der Waals surface area contributed by atoms with Crippen LogP contribution in [0.4, 0.5) is 5.82 Å². The van der Waals surface area contributed by atoms with E-state index in [1.54, 1.807) is 0 Å². The van der Waals surface area contributed by atoms with Crippen molar-refractivity contribution in [2.24, 2.45) is 7.05 Å². The minimum absolute atomic E-state index is 0.754. The molecule has 0 spiro atoms. The van der Waals surface area contributed by atoms with Gasteiger partial charge in [0, 0.05) is 25.1 Å². The summed E-state index contributed by atoms with van der Waals surface area (Å²) < 4.78 is 2.02. The van der Waals surface area contributed by atoms with Gasteiger partial charge in [-0.15, -0.1) is 0 Å². The second kappa shape index (κ2) is 3.01. The second-order valence-corrected chi connectivity index (χ2v) is 4.49. The molecular weight excluding hydrogens is 174 g/mol. The highest BCUT2D eigenvalue weighted by molar-refractivity contribution is 5.53. The highest BCUT2D eigenvalue weighted by Gasteiger charge is 2.27. The second-order valence-electron chi connectivity index (χ2n) is 4.49. The van der Waals surface area contributed by atoms with E-state index in [-0.39, 0.29) is 0 Å². The largest absolute Gasteiger partial charge is 0.370 e. The first-order valence-corrected chi connectivity index (χ1v) is 5.66. The Morgan fingerprint density at radius 2 is 2.14 bits per heavy atom. The lowest BCUT2D eigenvalue weighted by Gasteiger charge is -2.06. The van der Waals surface area contributed by atoms with Crippen LogP contribution in [0.1, 0.15) is 42.9 Å². The molecule has 1 fully saturated rings. The Labute approximate surface area is 84.5 Å². The fourth-order valence-corrected chi connectivity index (χ4v) is 2.89. The highest BCUT2D eigenvalue weighted by atomic mass is 15.3. The first-order chi connectivity index (χ1) is 6.86. The number of aryl methyl sites for hydroxylation is 1. The number of hydrogen-bond acceptors (Lipinski definition) is 2. The number of fused-ring (bicyclic) bond motifs is 1. The molecule has 76 valence electrons. The predicted molar refractivity (Wildman–Crippen MR) is 56.6 cm³/mol. The lowest BCUT2D eigenvalue weighted by molar-refractivity contribution is 0.651. The van der Waals surface area contributed by atoms with E-state index < -0.39 is 0 Å². The van der Waals surface area contributed by atoms with Gasteiger partial charge in [-0.1, -0.05) is 12.8 Å². The maximum Gasteiger partial charge on any atom is 0.127 e. The molecule has 3 rings (SSSR count). The maximum absolute atomic E-state index is 4.67. The summed E-state index contributed by atoms with van der Waals surface area (Å²) in [6.45, 7) is 1.10. The smallest absolute Gasteiger partial charge is 0.127 e. The van der Waals surface area contributed by atoms with Gasteiger partial charge in [0.2, 0.25) is 0 Å². The van der Waals surface area contributed by atoms with Gasteiger partial charge in [-0.3, -0.25) is 4.68 Å². The van der Waals surface area contributed by atoms with Gasteiger partial charge < -0.3 is 5.32 Å². The average Bonchev–Trinajstić information content (AvgIpc) is 2.84. The molecule has 0 aromatic carbocycles. The van der Waals surface area contributed by atoms with Gasteiger partial charge in [-0.05, 0) is 19.3 Å². The van der Waals surface area contributed by atoms with E-state index in [0.29, 0.717) is 0 Å². The van der Waals surface area contributed by atoms with Crippen molar-refractivity contribution in [3.05, 3.63) is 11.3 Å². The lowest BCUT2D eigenvalue weighted by Crippen LogP contribution is -2.03. The molecule has 14 heavy (non-hydrogen) atoms. The summed E-state index contributed by atoms with van der Waals surface area (Å²) in [5.41, 5.74) is 2.89. The van der Waals surface area contributed by atoms with Gasteiger partial charge in [-0.25, -0.2) is 0 Å². The van der Waals surface area contributed by atoms with Crippen molar-refractivity contribution in [1.29, 1.82) is 0 Å². The topological polar surface area (TPSA) is 29.9 Å². The standard InChI is InChI=1S/C11H17N3/c1-14-11-9(6-7-12-11)10(13-14)8-4-2-3-5-8/h8,12H,2-7H2,1H3. The van der Waals surface area contributed by atoms with Crippen LogP contribution in [-0.2, 0) is 13.5 Å². The first-order valence-electron chi connectivity index (χ1n) is 5.66. The number of nitrogens with zero attached hydrogens (tertiary/aromatic N) is 2. The van der Waals surface area contributed by atoms with Crippen LogP contribution < -0.4 is 5.32 Å². The number of hydrogen-bond donors (Lipinski definition) is 1. The lowest BCUT2D eigenvalue weighted by atomic mass is 9.99. The van der Waals surface area contributed by atoms with Crippen molar-refractivity contribution >= 4 is 5.82 Å². The van der Waals surface area contributed by atoms with E-state index in [1.165, 1.54) is 49.2 Å². The van der Waals surface area contributed by atoms with Crippen LogP contribution in [-0.4, -0.2) is 16.3 Å². The number of aromatic nitrogens is 2. The normalized spacial score (nSPS) is 21.2. The zero-order valence-electron chi connectivity index (χ0n) is 8.71. The Morgan fingerprint density at radius 3 is 2.93 bits per heavy atom. The molecule has 0 saturated heterocycles. The molecule has 1 aromatic heterocycles. The molecule has 1 N–H and O–H groups in total. The molecule has 0 atom stereocenters. The molecule has 0 unspecified atom stereocenters. The van der Waals surface area contributed by atoms with E-state index in [1.807, 2.05) is 4.68 Å². The minimum atomic E-state index is 0.754. The van der Waals surface area contributed by atoms with Gasteiger partial charge in [0.05, 0.1) is 5.69 Å². The molecule has 0 bridgehead atoms. The molecule has 2 heterocycles. The van der Waals surface area contributed by atoms with E-state index in [4.69, 9.17) is 0 Å². The summed E-state index contributed by atoms with van der Waals surface area (Å²) in [4.78, 5) is 0. The zero-order chi connectivity index (χ0) is 9.54. The Hall–Kier alpha value is -0.990. The van der Waals surface area contributed by atoms with Gasteiger partial charge in [0.1, 0.15) is 5.82 Å². The molecule has 3 nitrogen and oxygen atoms in total. The molecule has 0 amide bonds. The van der Waals surface area contributed by atoms with E-state index in [2.05, 4.69) is 17.5 Å². The third kappa shape index (κ3) is 1.08. The Morgan fingerprint density at radius 1 is 1.36 bits per heavy atom. The van der Waals surface area contributed by atoms with Crippen molar-refractivity contribution in [3.8, 4) is 0 Å². The fraction of sp³-hybridized carbons (Fsp3) is 0.727. The maximum atomic E-state index is 4.67. The molecular formula is C11H17N3. The summed E-state index contributed by atoms with van der Waals surface area (Å²) >= 11 is 0. The van der Waals surface area contributed by atoms with Crippen molar-refractivity contribution < 1.29 is 0 Å². The van der Waals surface area contributed by atoms with Crippen molar-refractivity contribution in [3.63, 3.8) is 0 Å². The number of nitrogens with one attached hydrogen (secondary N) is 1. The van der Waals surface area contributed by atoms with Crippen LogP contribution in [0.25, 0.3) is 0 Å². The predicted octanol–water partition coefficient (Wildman–Crippen LogP) is 2.05. The molecule has 1 saturated carbocycles. The summed E-state index contributed by atoms with van der Waals surface area (Å²) in [6, 6.07) is 0. The molecule has 3 heteroatoms. The number of rotatable bonds is 1. The van der Waals surface area contributed by atoms with E-state index in [0.717, 1.165) is 12.5 Å². The SMILES string of the molecule is Cn1nc(C2CCCC2)c2c1NCC2. The molecule has 1 aliphatic carbocycles. The Kier molecular flexibility index (Phi) is 1.79. The van der Waals surface area contributed by atoms with Gasteiger partial charge in [-0.2, -0.15) is 5.10 Å². The number of anilines is 1. The summed E-state index contributed by atoms with van der Waals surface area (Å²) in [5.74, 6) is 2.02. The molecule has 1 aliphatic heterocycles. The van der Waals surface area contributed by atoms with Crippen LogP contribution in [0.3, 0.4) is 0 Å². The van der Waals surface area contributed by atoms with Gasteiger partial charge in [0.25, 0.3) is 0 Å². The highest BCUT2D eigenvalue weighted by Crippen LogP contribution is 2.38. The van der Waals surface area contributed by atoms with Gasteiger partial charge in [0.15, 0.2) is 0 Å². The first kappa shape index (κ1) is 8.33. The Bertz CT molecular complexity index is 348. The van der Waals surface area contributed by atoms with Crippen molar-refractivity contribution in [2.45, 2.75) is 38.0 Å². The third-order valence-corrected chi connectivity index (χ3v) is 3.59. The third-order valence-electron chi connectivity index (χ3n) is 3.59. The zero-order valence-corrected chi connectivity index (χ0v) is 8.71. The van der Waals surface area contributed by atoms with Crippen LogP contribution in [0, 0.1) is 0 Å². The molecule has 1 aromatic rings. The van der Waals surface area contributed by atoms with Crippen LogP contribution in [0.15, 0.2) is 0 Å². The average molecular weight is 191 g/mol. The van der Waals surface area contributed by atoms with E-state index >= 15 is 0 Å². The van der Waals surface area contributed by atoms with Crippen LogP contribution in [0.5, 0.6) is 0 Å². The van der Waals surface area contributed by atoms with Crippen LogP contribution >= 0.6 is 0 Å². The van der Waals surface area contributed by atoms with Gasteiger partial charge >= 0.3 is 0 Å². The quantitative estimate of drug-likeness (QED) is 0.736. The fourth-order valence-electron chi connectivity index (χ4n) is 2.89. The summed E-state index contributed by atoms with van der Waals surface area (Å²) in [6.07, 6.45) is 6.66. The summed E-state index contributed by atoms with van der Waals surface area (Å²) in [5, 5.41) is 8.08. The van der Waals surface area contributed by atoms with Crippen LogP contribution in [0.2, 0.25) is 0 Å². The van der Waals surface area contributed by atoms with E-state index in [9.17, 15) is 0 Å². The monoisotopic (exact) mass is 191 g/mol. The molecule has 0 radical (unpaired) electrons. The van der Waals surface area contributed by atoms with Crippen molar-refractivity contribution in [2.75, 3.05) is 11.9 Å².